The molecule has 112 valence electrons. The second kappa shape index (κ2) is 6.56. The minimum atomic E-state index is -0.211. The molecule has 0 radical (unpaired) electrons. The first-order chi connectivity index (χ1) is 8.87. The molecule has 0 aliphatic heterocycles. The summed E-state index contributed by atoms with van der Waals surface area (Å²) in [6.07, 6.45) is 0. The van der Waals surface area contributed by atoms with Gasteiger partial charge in [-0.05, 0) is 39.8 Å². The number of hydroxylamine groups is 1. The Morgan fingerprint density at radius 3 is 2.65 bits per heavy atom. The van der Waals surface area contributed by atoms with Crippen molar-refractivity contribution in [2.24, 2.45) is 0 Å². The number of nitrogens with two attached hydrogens (primary N) is 1. The summed E-state index contributed by atoms with van der Waals surface area (Å²) in [6, 6.07) is 8.08. The molecule has 5 nitrogen and oxygen atoms in total. The molecule has 0 amide bonds. The van der Waals surface area contributed by atoms with Gasteiger partial charge in [-0.15, -0.1) is 17.0 Å². The second-order valence-electron chi connectivity index (χ2n) is 5.80. The van der Waals surface area contributed by atoms with Crippen LogP contribution in [0.2, 0.25) is 0 Å². The highest BCUT2D eigenvalue weighted by Gasteiger charge is 2.15. The van der Waals surface area contributed by atoms with Crippen LogP contribution in [0, 0.1) is 0 Å². The maximum absolute atomic E-state index is 5.97. The van der Waals surface area contributed by atoms with Crippen LogP contribution in [0.4, 0.5) is 5.95 Å². The van der Waals surface area contributed by atoms with E-state index in [9.17, 15) is 0 Å². The molecule has 1 aromatic heterocycles. The number of rotatable bonds is 4. The van der Waals surface area contributed by atoms with E-state index in [1.807, 2.05) is 49.6 Å². The van der Waals surface area contributed by atoms with E-state index >= 15 is 0 Å². The number of para-hydroxylation sites is 2. The fourth-order valence-corrected chi connectivity index (χ4v) is 1.87. The first-order valence-corrected chi connectivity index (χ1v) is 6.51. The largest absolute Gasteiger partial charge is 0.369 e. The van der Waals surface area contributed by atoms with E-state index in [0.29, 0.717) is 12.5 Å². The zero-order valence-electron chi connectivity index (χ0n) is 12.4. The summed E-state index contributed by atoms with van der Waals surface area (Å²) in [7, 11) is 0. The number of hydrogen-bond donors (Lipinski definition) is 2. The molecule has 20 heavy (non-hydrogen) atoms. The summed E-state index contributed by atoms with van der Waals surface area (Å²) in [5.74, 6) is 0.533. The van der Waals surface area contributed by atoms with E-state index in [4.69, 9.17) is 10.6 Å². The summed E-state index contributed by atoms with van der Waals surface area (Å²) < 4.78 is 2.00. The van der Waals surface area contributed by atoms with E-state index < -0.39 is 0 Å². The van der Waals surface area contributed by atoms with Crippen molar-refractivity contribution in [3.8, 4) is 0 Å². The summed E-state index contributed by atoms with van der Waals surface area (Å²) >= 11 is 0. The number of nitrogens with one attached hydrogen (secondary N) is 1. The van der Waals surface area contributed by atoms with Crippen molar-refractivity contribution < 1.29 is 4.84 Å². The third kappa shape index (κ3) is 4.19. The molecule has 0 bridgehead atoms. The molecule has 1 atom stereocenters. The molecule has 1 heterocycles. The smallest absolute Gasteiger partial charge is 0.201 e. The highest BCUT2D eigenvalue weighted by atomic mass is 79.9. The van der Waals surface area contributed by atoms with Crippen molar-refractivity contribution in [2.75, 3.05) is 5.73 Å². The van der Waals surface area contributed by atoms with Gasteiger partial charge in [-0.3, -0.25) is 4.84 Å². The van der Waals surface area contributed by atoms with E-state index in [0.717, 1.165) is 11.0 Å². The lowest BCUT2D eigenvalue weighted by Gasteiger charge is -2.23. The first kappa shape index (κ1) is 16.9. The number of halogens is 1. The minimum Gasteiger partial charge on any atom is -0.369 e. The molecule has 0 aliphatic rings. The average Bonchev–Trinajstić information content (AvgIpc) is 2.63. The van der Waals surface area contributed by atoms with Gasteiger partial charge in [0.1, 0.15) is 0 Å². The molecule has 0 saturated heterocycles. The van der Waals surface area contributed by atoms with Gasteiger partial charge in [0.15, 0.2) is 0 Å². The Balaban J connectivity index is 0.00000200. The third-order valence-electron chi connectivity index (χ3n) is 2.71. The van der Waals surface area contributed by atoms with Gasteiger partial charge in [-0.2, -0.15) is 5.48 Å². The number of nitrogen functional groups attached to an aromatic ring is 1. The summed E-state index contributed by atoms with van der Waals surface area (Å²) in [6.45, 7) is 8.79. The van der Waals surface area contributed by atoms with Gasteiger partial charge in [0.2, 0.25) is 5.95 Å². The lowest BCUT2D eigenvalue weighted by molar-refractivity contribution is -0.0875. The van der Waals surface area contributed by atoms with Gasteiger partial charge >= 0.3 is 0 Å². The van der Waals surface area contributed by atoms with Gasteiger partial charge < -0.3 is 10.3 Å². The average molecular weight is 343 g/mol. The number of benzene rings is 1. The van der Waals surface area contributed by atoms with Crippen LogP contribution in [0.1, 0.15) is 27.7 Å². The maximum atomic E-state index is 5.97. The molecule has 2 rings (SSSR count). The first-order valence-electron chi connectivity index (χ1n) is 6.51. The van der Waals surface area contributed by atoms with Crippen LogP contribution in [0.15, 0.2) is 24.3 Å². The summed E-state index contributed by atoms with van der Waals surface area (Å²) in [4.78, 5) is 9.91. The highest BCUT2D eigenvalue weighted by molar-refractivity contribution is 8.93. The highest BCUT2D eigenvalue weighted by Crippen LogP contribution is 2.17. The van der Waals surface area contributed by atoms with Crippen molar-refractivity contribution in [3.63, 3.8) is 0 Å². The Bertz CT molecular complexity index is 562. The number of imidazole rings is 1. The summed E-state index contributed by atoms with van der Waals surface area (Å²) in [5.41, 5.74) is 10.8. The van der Waals surface area contributed by atoms with Gasteiger partial charge in [-0.25, -0.2) is 4.98 Å². The molecule has 0 saturated carbocycles. The topological polar surface area (TPSA) is 65.1 Å². The Hall–Kier alpha value is -1.11. The molecular weight excluding hydrogens is 320 g/mol. The Morgan fingerprint density at radius 1 is 1.35 bits per heavy atom. The zero-order valence-corrected chi connectivity index (χ0v) is 14.1. The van der Waals surface area contributed by atoms with Gasteiger partial charge in [-0.1, -0.05) is 12.1 Å². The number of aromatic nitrogens is 2. The van der Waals surface area contributed by atoms with Crippen molar-refractivity contribution in [1.82, 2.24) is 15.0 Å². The quantitative estimate of drug-likeness (QED) is 0.838. The number of anilines is 1. The zero-order chi connectivity index (χ0) is 14.0. The lowest BCUT2D eigenvalue weighted by atomic mass is 10.2. The lowest BCUT2D eigenvalue weighted by Crippen LogP contribution is -2.37. The second-order valence-corrected chi connectivity index (χ2v) is 5.80. The van der Waals surface area contributed by atoms with E-state index in [1.165, 1.54) is 0 Å². The van der Waals surface area contributed by atoms with Crippen LogP contribution in [0.25, 0.3) is 11.0 Å². The monoisotopic (exact) mass is 342 g/mol. The van der Waals surface area contributed by atoms with Crippen LogP contribution in [-0.2, 0) is 11.4 Å². The van der Waals surface area contributed by atoms with Gasteiger partial charge in [0.25, 0.3) is 0 Å². The normalized spacial score (nSPS) is 13.2. The molecule has 3 N–H and O–H groups in total. The standard InChI is InChI=1S/C14H22N4O.BrH/c1-10(17-19-14(2,3)4)9-18-12-8-6-5-7-11(12)16-13(18)15;/h5-8,10,17H,9H2,1-4H3,(H2,15,16);1H. The van der Waals surface area contributed by atoms with Gasteiger partial charge in [0.05, 0.1) is 16.6 Å². The maximum Gasteiger partial charge on any atom is 0.201 e. The van der Waals surface area contributed by atoms with Crippen molar-refractivity contribution in [1.29, 1.82) is 0 Å². The Labute approximate surface area is 130 Å². The Morgan fingerprint density at radius 2 is 2.00 bits per heavy atom. The third-order valence-corrected chi connectivity index (χ3v) is 2.71. The predicted molar refractivity (Wildman–Crippen MR) is 87.9 cm³/mol. The van der Waals surface area contributed by atoms with Crippen LogP contribution in [-0.4, -0.2) is 21.2 Å². The molecule has 6 heteroatoms. The van der Waals surface area contributed by atoms with E-state index in [2.05, 4.69) is 17.4 Å². The van der Waals surface area contributed by atoms with E-state index in [-0.39, 0.29) is 28.6 Å². The fourth-order valence-electron chi connectivity index (χ4n) is 1.87. The van der Waals surface area contributed by atoms with Crippen molar-refractivity contribution in [2.45, 2.75) is 45.9 Å². The molecule has 0 fully saturated rings. The number of nitrogens with zero attached hydrogens (tertiary/aromatic N) is 2. The predicted octanol–water partition coefficient (Wildman–Crippen LogP) is 2.90. The van der Waals surface area contributed by atoms with Crippen LogP contribution >= 0.6 is 17.0 Å². The van der Waals surface area contributed by atoms with Crippen molar-refractivity contribution >= 4 is 34.0 Å². The van der Waals surface area contributed by atoms with E-state index in [1.54, 1.807) is 0 Å². The van der Waals surface area contributed by atoms with Crippen molar-refractivity contribution in [3.05, 3.63) is 24.3 Å². The van der Waals surface area contributed by atoms with Crippen LogP contribution in [0.5, 0.6) is 0 Å². The molecule has 0 spiro atoms. The summed E-state index contributed by atoms with van der Waals surface area (Å²) in [5, 5.41) is 0. The molecule has 1 unspecified atom stereocenters. The molecular formula is C14H23BrN4O. The van der Waals surface area contributed by atoms with Gasteiger partial charge in [0, 0.05) is 12.6 Å². The SMILES string of the molecule is Br.CC(Cn1c(N)nc2ccccc21)NOC(C)(C)C. The molecule has 1 aromatic carbocycles. The number of hydrogen-bond acceptors (Lipinski definition) is 4. The molecule has 0 aliphatic carbocycles. The minimum absolute atomic E-state index is 0. The fraction of sp³-hybridized carbons (Fsp3) is 0.500. The van der Waals surface area contributed by atoms with Crippen LogP contribution < -0.4 is 11.2 Å². The molecule has 2 aromatic rings. The number of fused-ring (bicyclic) bond motifs is 1. The van der Waals surface area contributed by atoms with Crippen LogP contribution in [0.3, 0.4) is 0 Å². The Kier molecular flexibility index (Phi) is 5.56.